The van der Waals surface area contributed by atoms with Crippen LogP contribution in [0.25, 0.3) is 0 Å². The normalized spacial score (nSPS) is 10.5. The first-order valence-electron chi connectivity index (χ1n) is 5.95. The second-order valence-corrected chi connectivity index (χ2v) is 5.99. The van der Waals surface area contributed by atoms with Crippen LogP contribution in [0.2, 0.25) is 0 Å². The number of hydrogen-bond donors (Lipinski definition) is 1. The van der Waals surface area contributed by atoms with E-state index in [0.29, 0.717) is 16.8 Å². The van der Waals surface area contributed by atoms with Crippen molar-refractivity contribution in [3.63, 3.8) is 0 Å². The summed E-state index contributed by atoms with van der Waals surface area (Å²) in [5.74, 6) is 0.671. The Morgan fingerprint density at radius 2 is 1.90 bits per heavy atom. The molecule has 0 unspecified atom stereocenters. The maximum absolute atomic E-state index is 10.9. The number of nitro benzene ring substituents is 1. The van der Waals surface area contributed by atoms with Crippen LogP contribution in [0.15, 0.2) is 51.8 Å². The van der Waals surface area contributed by atoms with Crippen LogP contribution in [-0.4, -0.2) is 4.92 Å². The van der Waals surface area contributed by atoms with Crippen LogP contribution < -0.4 is 5.73 Å². The van der Waals surface area contributed by atoms with E-state index >= 15 is 0 Å². The second-order valence-electron chi connectivity index (χ2n) is 4.14. The van der Waals surface area contributed by atoms with E-state index in [1.54, 1.807) is 17.8 Å². The number of hydrogen-bond acceptors (Lipinski definition) is 4. The van der Waals surface area contributed by atoms with Crippen LogP contribution in [-0.2, 0) is 12.3 Å². The quantitative estimate of drug-likeness (QED) is 0.499. The van der Waals surface area contributed by atoms with Gasteiger partial charge >= 0.3 is 0 Å². The Balaban J connectivity index is 2.10. The Morgan fingerprint density at radius 3 is 2.50 bits per heavy atom. The molecule has 4 nitrogen and oxygen atoms in total. The average molecular weight is 353 g/mol. The molecule has 0 saturated carbocycles. The summed E-state index contributed by atoms with van der Waals surface area (Å²) >= 11 is 4.94. The van der Waals surface area contributed by atoms with Gasteiger partial charge in [-0.3, -0.25) is 10.1 Å². The third-order valence-electron chi connectivity index (χ3n) is 2.81. The van der Waals surface area contributed by atoms with Crippen molar-refractivity contribution in [1.29, 1.82) is 0 Å². The standard InChI is InChI=1S/C14H13BrN2O2S/c15-14-11(2-1-3-13(14)17(18)19)9-20-12-6-4-10(8-16)5-7-12/h1-7H,8-9,16H2. The monoisotopic (exact) mass is 352 g/mol. The van der Waals surface area contributed by atoms with Gasteiger partial charge < -0.3 is 5.73 Å². The van der Waals surface area contributed by atoms with Crippen molar-refractivity contribution in [2.75, 3.05) is 0 Å². The zero-order chi connectivity index (χ0) is 14.5. The summed E-state index contributed by atoms with van der Waals surface area (Å²) in [5.41, 5.74) is 7.65. The minimum absolute atomic E-state index is 0.0987. The highest BCUT2D eigenvalue weighted by atomic mass is 79.9. The molecule has 0 heterocycles. The molecule has 0 bridgehead atoms. The van der Waals surface area contributed by atoms with Crippen LogP contribution in [0.3, 0.4) is 0 Å². The summed E-state index contributed by atoms with van der Waals surface area (Å²) in [5, 5.41) is 10.9. The minimum atomic E-state index is -0.381. The van der Waals surface area contributed by atoms with Crippen molar-refractivity contribution in [3.05, 3.63) is 68.2 Å². The summed E-state index contributed by atoms with van der Waals surface area (Å²) in [6.07, 6.45) is 0. The Kier molecular flexibility index (Phi) is 5.17. The van der Waals surface area contributed by atoms with E-state index in [0.717, 1.165) is 16.0 Å². The first-order valence-corrected chi connectivity index (χ1v) is 7.73. The molecule has 2 aromatic carbocycles. The molecule has 0 aliphatic carbocycles. The van der Waals surface area contributed by atoms with Gasteiger partial charge in [0.25, 0.3) is 5.69 Å². The first kappa shape index (κ1) is 15.0. The van der Waals surface area contributed by atoms with E-state index in [2.05, 4.69) is 15.9 Å². The maximum atomic E-state index is 10.9. The molecule has 0 saturated heterocycles. The van der Waals surface area contributed by atoms with Crippen LogP contribution in [0.4, 0.5) is 5.69 Å². The van der Waals surface area contributed by atoms with Crippen LogP contribution in [0, 0.1) is 10.1 Å². The summed E-state index contributed by atoms with van der Waals surface area (Å²) in [4.78, 5) is 11.6. The fourth-order valence-corrected chi connectivity index (χ4v) is 3.33. The number of nitro groups is 1. The van der Waals surface area contributed by atoms with E-state index in [1.165, 1.54) is 6.07 Å². The number of halogens is 1. The van der Waals surface area contributed by atoms with Crippen molar-refractivity contribution in [2.24, 2.45) is 5.73 Å². The molecule has 2 aromatic rings. The summed E-state index contributed by atoms with van der Waals surface area (Å²) in [7, 11) is 0. The van der Waals surface area contributed by atoms with Crippen LogP contribution in [0.1, 0.15) is 11.1 Å². The molecule has 0 amide bonds. The zero-order valence-electron chi connectivity index (χ0n) is 10.6. The number of rotatable bonds is 5. The van der Waals surface area contributed by atoms with Gasteiger partial charge in [-0.15, -0.1) is 11.8 Å². The van der Waals surface area contributed by atoms with Gasteiger partial charge in [0.05, 0.1) is 9.40 Å². The fraction of sp³-hybridized carbons (Fsp3) is 0.143. The van der Waals surface area contributed by atoms with Crippen molar-refractivity contribution in [1.82, 2.24) is 0 Å². The van der Waals surface area contributed by atoms with Gasteiger partial charge in [0, 0.05) is 23.3 Å². The topological polar surface area (TPSA) is 69.2 Å². The van der Waals surface area contributed by atoms with Gasteiger partial charge in [-0.25, -0.2) is 0 Å². The number of thioether (sulfide) groups is 1. The van der Waals surface area contributed by atoms with E-state index < -0.39 is 0 Å². The van der Waals surface area contributed by atoms with Crippen molar-refractivity contribution in [3.8, 4) is 0 Å². The SMILES string of the molecule is NCc1ccc(SCc2cccc([N+](=O)[O-])c2Br)cc1. The molecule has 2 N–H and O–H groups in total. The van der Waals surface area contributed by atoms with Gasteiger partial charge in [0.15, 0.2) is 0 Å². The highest BCUT2D eigenvalue weighted by molar-refractivity contribution is 9.10. The molecular weight excluding hydrogens is 340 g/mol. The maximum Gasteiger partial charge on any atom is 0.283 e. The van der Waals surface area contributed by atoms with Crippen molar-refractivity contribution in [2.45, 2.75) is 17.2 Å². The Hall–Kier alpha value is -1.37. The predicted octanol–water partition coefficient (Wildman–Crippen LogP) is 4.11. The molecule has 0 aliphatic rings. The highest BCUT2D eigenvalue weighted by Crippen LogP contribution is 2.32. The molecule has 0 aliphatic heterocycles. The highest BCUT2D eigenvalue weighted by Gasteiger charge is 2.14. The largest absolute Gasteiger partial charge is 0.326 e. The molecule has 20 heavy (non-hydrogen) atoms. The lowest BCUT2D eigenvalue weighted by molar-refractivity contribution is -0.385. The van der Waals surface area contributed by atoms with E-state index in [4.69, 9.17) is 5.73 Å². The second kappa shape index (κ2) is 6.88. The summed E-state index contributed by atoms with van der Waals surface area (Å²) in [6.45, 7) is 0.529. The van der Waals surface area contributed by atoms with Crippen LogP contribution in [0.5, 0.6) is 0 Å². The van der Waals surface area contributed by atoms with Gasteiger partial charge in [0.2, 0.25) is 0 Å². The van der Waals surface area contributed by atoms with Crippen molar-refractivity contribution < 1.29 is 4.92 Å². The number of nitrogens with zero attached hydrogens (tertiary/aromatic N) is 1. The number of benzene rings is 2. The zero-order valence-corrected chi connectivity index (χ0v) is 13.0. The summed E-state index contributed by atoms with van der Waals surface area (Å²) in [6, 6.07) is 13.1. The fourth-order valence-electron chi connectivity index (χ4n) is 1.70. The molecule has 104 valence electrons. The number of nitrogens with two attached hydrogens (primary N) is 1. The third kappa shape index (κ3) is 3.59. The Morgan fingerprint density at radius 1 is 1.20 bits per heavy atom. The molecule has 2 rings (SSSR count). The van der Waals surface area contributed by atoms with E-state index in [9.17, 15) is 10.1 Å². The van der Waals surface area contributed by atoms with Crippen molar-refractivity contribution >= 4 is 33.4 Å². The van der Waals surface area contributed by atoms with Gasteiger partial charge in [0.1, 0.15) is 0 Å². The molecule has 0 spiro atoms. The third-order valence-corrected chi connectivity index (χ3v) is 4.78. The molecular formula is C14H13BrN2O2S. The summed E-state index contributed by atoms with van der Waals surface area (Å²) < 4.78 is 0.552. The molecule has 0 atom stereocenters. The predicted molar refractivity (Wildman–Crippen MR) is 84.7 cm³/mol. The smallest absolute Gasteiger partial charge is 0.283 e. The Labute approximate surface area is 129 Å². The molecule has 0 radical (unpaired) electrons. The van der Waals surface area contributed by atoms with Gasteiger partial charge in [-0.05, 0) is 39.2 Å². The molecule has 0 fully saturated rings. The van der Waals surface area contributed by atoms with E-state index in [1.807, 2.05) is 30.3 Å². The lowest BCUT2D eigenvalue weighted by Crippen LogP contribution is -1.95. The lowest BCUT2D eigenvalue weighted by Gasteiger charge is -2.06. The average Bonchev–Trinajstić information content (AvgIpc) is 2.46. The first-order chi connectivity index (χ1) is 9.61. The molecule has 6 heteroatoms. The van der Waals surface area contributed by atoms with E-state index in [-0.39, 0.29) is 10.6 Å². The Bertz CT molecular complexity index is 617. The van der Waals surface area contributed by atoms with Gasteiger partial charge in [-0.2, -0.15) is 0 Å². The molecule has 0 aromatic heterocycles. The van der Waals surface area contributed by atoms with Gasteiger partial charge in [-0.1, -0.05) is 24.3 Å². The minimum Gasteiger partial charge on any atom is -0.326 e. The van der Waals surface area contributed by atoms with Crippen LogP contribution >= 0.6 is 27.7 Å². The lowest BCUT2D eigenvalue weighted by atomic mass is 10.2.